The molecule has 0 bridgehead atoms. The largest absolute Gasteiger partial charge is 0.508 e. The van der Waals surface area contributed by atoms with Crippen LogP contribution < -0.4 is 5.32 Å². The Kier molecular flexibility index (Phi) is 3.72. The van der Waals surface area contributed by atoms with Crippen molar-refractivity contribution >= 4 is 16.7 Å². The molecular formula is C20H23NO2. The Morgan fingerprint density at radius 2 is 2.04 bits per heavy atom. The third-order valence-electron chi connectivity index (χ3n) is 5.33. The standard InChI is InChI=1S/C20H23NO2/c22-18-9-7-15-2-1-3-16-14(6-8-17(18)20(15)16)10-11-21-19(23)12-13-4-5-13/h1-3,7,9,13-14,22H,4-6,8,10-12H2,(H,21,23). The van der Waals surface area contributed by atoms with E-state index in [0.717, 1.165) is 31.4 Å². The third kappa shape index (κ3) is 2.92. The number of hydrogen-bond acceptors (Lipinski definition) is 2. The van der Waals surface area contributed by atoms with Gasteiger partial charge in [0.15, 0.2) is 0 Å². The first-order chi connectivity index (χ1) is 11.2. The molecule has 2 aromatic carbocycles. The summed E-state index contributed by atoms with van der Waals surface area (Å²) in [6, 6.07) is 10.2. The van der Waals surface area contributed by atoms with Crippen LogP contribution in [-0.4, -0.2) is 17.6 Å². The van der Waals surface area contributed by atoms with E-state index in [1.165, 1.54) is 29.2 Å². The van der Waals surface area contributed by atoms with Gasteiger partial charge in [0.1, 0.15) is 5.75 Å². The second-order valence-corrected chi connectivity index (χ2v) is 7.03. The lowest BCUT2D eigenvalue weighted by atomic mass is 9.79. The summed E-state index contributed by atoms with van der Waals surface area (Å²) >= 11 is 0. The van der Waals surface area contributed by atoms with Crippen molar-refractivity contribution in [1.82, 2.24) is 5.32 Å². The molecule has 0 aliphatic heterocycles. The number of rotatable bonds is 5. The lowest BCUT2D eigenvalue weighted by molar-refractivity contribution is -0.121. The first-order valence-electron chi connectivity index (χ1n) is 8.72. The highest BCUT2D eigenvalue weighted by Gasteiger charge is 2.25. The molecule has 2 aliphatic rings. The highest BCUT2D eigenvalue weighted by atomic mass is 16.3. The van der Waals surface area contributed by atoms with Gasteiger partial charge in [-0.25, -0.2) is 0 Å². The van der Waals surface area contributed by atoms with Crippen molar-refractivity contribution in [1.29, 1.82) is 0 Å². The maximum absolute atomic E-state index is 11.8. The van der Waals surface area contributed by atoms with E-state index in [9.17, 15) is 9.90 Å². The summed E-state index contributed by atoms with van der Waals surface area (Å²) in [5, 5.41) is 15.7. The van der Waals surface area contributed by atoms with Crippen LogP contribution in [0.2, 0.25) is 0 Å². The number of nitrogens with one attached hydrogen (secondary N) is 1. The molecule has 4 rings (SSSR count). The van der Waals surface area contributed by atoms with E-state index in [0.29, 0.717) is 24.0 Å². The van der Waals surface area contributed by atoms with Gasteiger partial charge in [-0.2, -0.15) is 0 Å². The Morgan fingerprint density at radius 1 is 1.17 bits per heavy atom. The van der Waals surface area contributed by atoms with E-state index < -0.39 is 0 Å². The summed E-state index contributed by atoms with van der Waals surface area (Å²) in [5.41, 5.74) is 2.42. The molecule has 0 heterocycles. The minimum Gasteiger partial charge on any atom is -0.508 e. The van der Waals surface area contributed by atoms with Crippen molar-refractivity contribution in [3.63, 3.8) is 0 Å². The van der Waals surface area contributed by atoms with E-state index >= 15 is 0 Å². The summed E-state index contributed by atoms with van der Waals surface area (Å²) in [4.78, 5) is 11.8. The van der Waals surface area contributed by atoms with E-state index in [1.54, 1.807) is 6.07 Å². The Labute approximate surface area is 136 Å². The summed E-state index contributed by atoms with van der Waals surface area (Å²) in [6.07, 6.45) is 6.08. The van der Waals surface area contributed by atoms with Crippen LogP contribution in [-0.2, 0) is 11.2 Å². The zero-order valence-corrected chi connectivity index (χ0v) is 13.3. The second kappa shape index (κ2) is 5.88. The Morgan fingerprint density at radius 3 is 2.87 bits per heavy atom. The van der Waals surface area contributed by atoms with Crippen molar-refractivity contribution in [2.75, 3.05) is 6.54 Å². The fourth-order valence-electron chi connectivity index (χ4n) is 3.88. The minimum absolute atomic E-state index is 0.208. The van der Waals surface area contributed by atoms with Gasteiger partial charge >= 0.3 is 0 Å². The van der Waals surface area contributed by atoms with E-state index in [4.69, 9.17) is 0 Å². The van der Waals surface area contributed by atoms with Crippen LogP contribution in [0.4, 0.5) is 0 Å². The molecule has 2 N–H and O–H groups in total. The number of phenols is 1. The molecule has 1 saturated carbocycles. The van der Waals surface area contributed by atoms with Gasteiger partial charge in [-0.3, -0.25) is 4.79 Å². The van der Waals surface area contributed by atoms with Gasteiger partial charge in [0.2, 0.25) is 5.91 Å². The molecule has 2 aliphatic carbocycles. The van der Waals surface area contributed by atoms with E-state index in [2.05, 4.69) is 23.5 Å². The van der Waals surface area contributed by atoms with Crippen LogP contribution in [0.3, 0.4) is 0 Å². The van der Waals surface area contributed by atoms with E-state index in [1.807, 2.05) is 6.07 Å². The first-order valence-corrected chi connectivity index (χ1v) is 8.72. The van der Waals surface area contributed by atoms with Gasteiger partial charge in [0.25, 0.3) is 0 Å². The van der Waals surface area contributed by atoms with Crippen molar-refractivity contribution < 1.29 is 9.90 Å². The summed E-state index contributed by atoms with van der Waals surface area (Å²) in [6.45, 7) is 0.751. The SMILES string of the molecule is O=C(CC1CC1)NCCC1CCc2c(O)ccc3cccc1c23. The monoisotopic (exact) mass is 309 g/mol. The molecule has 1 unspecified atom stereocenters. The van der Waals surface area contributed by atoms with Crippen LogP contribution in [0.15, 0.2) is 30.3 Å². The Bertz CT molecular complexity index is 749. The zero-order valence-electron chi connectivity index (χ0n) is 13.3. The third-order valence-corrected chi connectivity index (χ3v) is 5.33. The quantitative estimate of drug-likeness (QED) is 0.880. The van der Waals surface area contributed by atoms with Gasteiger partial charge < -0.3 is 10.4 Å². The van der Waals surface area contributed by atoms with E-state index in [-0.39, 0.29) is 5.91 Å². The lowest BCUT2D eigenvalue weighted by Crippen LogP contribution is -2.26. The average Bonchev–Trinajstić information content (AvgIpc) is 3.36. The normalized spacial score (nSPS) is 19.7. The molecule has 0 radical (unpaired) electrons. The lowest BCUT2D eigenvalue weighted by Gasteiger charge is -2.26. The zero-order chi connectivity index (χ0) is 15.8. The highest BCUT2D eigenvalue weighted by Crippen LogP contribution is 2.41. The van der Waals surface area contributed by atoms with Crippen LogP contribution >= 0.6 is 0 Å². The fraction of sp³-hybridized carbons (Fsp3) is 0.450. The number of aromatic hydroxyl groups is 1. The molecule has 120 valence electrons. The number of phenolic OH excluding ortho intramolecular Hbond substituents is 1. The Hall–Kier alpha value is -2.03. The highest BCUT2D eigenvalue weighted by molar-refractivity contribution is 5.91. The fourth-order valence-corrected chi connectivity index (χ4v) is 3.88. The van der Waals surface area contributed by atoms with Gasteiger partial charge in [-0.15, -0.1) is 0 Å². The van der Waals surface area contributed by atoms with Crippen molar-refractivity contribution in [3.8, 4) is 5.75 Å². The topological polar surface area (TPSA) is 49.3 Å². The maximum Gasteiger partial charge on any atom is 0.220 e. The second-order valence-electron chi connectivity index (χ2n) is 7.03. The molecule has 23 heavy (non-hydrogen) atoms. The molecule has 0 spiro atoms. The predicted octanol–water partition coefficient (Wildman–Crippen LogP) is 3.88. The number of hydrogen-bond donors (Lipinski definition) is 2. The molecule has 3 nitrogen and oxygen atoms in total. The number of benzene rings is 2. The molecular weight excluding hydrogens is 286 g/mol. The van der Waals surface area contributed by atoms with Gasteiger partial charge in [0.05, 0.1) is 0 Å². The number of carbonyl (C=O) groups excluding carboxylic acids is 1. The molecule has 1 amide bonds. The Balaban J connectivity index is 1.48. The molecule has 2 aromatic rings. The van der Waals surface area contributed by atoms with Crippen LogP contribution in [0, 0.1) is 5.92 Å². The van der Waals surface area contributed by atoms with Gasteiger partial charge in [-0.05, 0) is 66.3 Å². The number of carbonyl (C=O) groups is 1. The summed E-state index contributed by atoms with van der Waals surface area (Å²) in [7, 11) is 0. The molecule has 1 fully saturated rings. The minimum atomic E-state index is 0.208. The summed E-state index contributed by atoms with van der Waals surface area (Å²) in [5.74, 6) is 1.74. The molecule has 0 saturated heterocycles. The van der Waals surface area contributed by atoms with Crippen molar-refractivity contribution in [2.45, 2.75) is 44.4 Å². The predicted molar refractivity (Wildman–Crippen MR) is 91.6 cm³/mol. The molecule has 0 aromatic heterocycles. The first kappa shape index (κ1) is 14.6. The summed E-state index contributed by atoms with van der Waals surface area (Å²) < 4.78 is 0. The van der Waals surface area contributed by atoms with Gasteiger partial charge in [-0.1, -0.05) is 24.3 Å². The maximum atomic E-state index is 11.8. The van der Waals surface area contributed by atoms with Crippen LogP contribution in [0.25, 0.3) is 10.8 Å². The van der Waals surface area contributed by atoms with Gasteiger partial charge in [0, 0.05) is 18.5 Å². The molecule has 1 atom stereocenters. The molecule has 3 heteroatoms. The number of amides is 1. The number of aryl methyl sites for hydroxylation is 1. The average molecular weight is 309 g/mol. The van der Waals surface area contributed by atoms with Crippen LogP contribution in [0.1, 0.15) is 49.1 Å². The smallest absolute Gasteiger partial charge is 0.220 e. The van der Waals surface area contributed by atoms with Crippen LogP contribution in [0.5, 0.6) is 5.75 Å². The van der Waals surface area contributed by atoms with Crippen molar-refractivity contribution in [3.05, 3.63) is 41.5 Å². The van der Waals surface area contributed by atoms with Crippen molar-refractivity contribution in [2.24, 2.45) is 5.92 Å².